The predicted octanol–water partition coefficient (Wildman–Crippen LogP) is 2.98. The number of methoxy groups -OCH3 is 2. The monoisotopic (exact) mass is 312 g/mol. The maximum Gasteiger partial charge on any atom is 0.315 e. The van der Waals surface area contributed by atoms with E-state index in [1.807, 2.05) is 0 Å². The molecule has 128 valence electrons. The minimum Gasteiger partial charge on any atom is -0.379 e. The molecule has 0 radical (unpaired) electrons. The SMILES string of the molecule is COC1CCCCCC1NC(=O)NC1CCCCCC1OC. The molecule has 2 fully saturated rings. The van der Waals surface area contributed by atoms with E-state index in [2.05, 4.69) is 10.6 Å². The van der Waals surface area contributed by atoms with Crippen LogP contribution in [0.3, 0.4) is 0 Å². The van der Waals surface area contributed by atoms with Gasteiger partial charge < -0.3 is 20.1 Å². The van der Waals surface area contributed by atoms with Crippen molar-refractivity contribution in [1.82, 2.24) is 10.6 Å². The van der Waals surface area contributed by atoms with Crippen LogP contribution in [0.25, 0.3) is 0 Å². The molecule has 2 aliphatic carbocycles. The van der Waals surface area contributed by atoms with Gasteiger partial charge in [0.25, 0.3) is 0 Å². The van der Waals surface area contributed by atoms with Gasteiger partial charge in [-0.15, -0.1) is 0 Å². The van der Waals surface area contributed by atoms with Crippen LogP contribution in [-0.4, -0.2) is 44.5 Å². The first-order valence-corrected chi connectivity index (χ1v) is 8.87. The van der Waals surface area contributed by atoms with Crippen LogP contribution in [-0.2, 0) is 9.47 Å². The lowest BCUT2D eigenvalue weighted by Gasteiger charge is -2.28. The van der Waals surface area contributed by atoms with Gasteiger partial charge >= 0.3 is 6.03 Å². The smallest absolute Gasteiger partial charge is 0.315 e. The van der Waals surface area contributed by atoms with Crippen LogP contribution in [0, 0.1) is 0 Å². The van der Waals surface area contributed by atoms with Crippen molar-refractivity contribution in [2.75, 3.05) is 14.2 Å². The van der Waals surface area contributed by atoms with E-state index in [9.17, 15) is 4.79 Å². The molecule has 0 aliphatic heterocycles. The van der Waals surface area contributed by atoms with Crippen molar-refractivity contribution < 1.29 is 14.3 Å². The van der Waals surface area contributed by atoms with E-state index in [0.717, 1.165) is 38.5 Å². The average Bonchev–Trinajstić information content (AvgIpc) is 2.87. The molecule has 0 heterocycles. The molecule has 2 aliphatic rings. The second kappa shape index (κ2) is 9.36. The van der Waals surface area contributed by atoms with Crippen LogP contribution in [0.4, 0.5) is 4.79 Å². The van der Waals surface area contributed by atoms with Gasteiger partial charge in [-0.3, -0.25) is 0 Å². The number of rotatable bonds is 4. The summed E-state index contributed by atoms with van der Waals surface area (Å²) in [4.78, 5) is 12.4. The van der Waals surface area contributed by atoms with E-state index in [1.54, 1.807) is 14.2 Å². The third-order valence-corrected chi connectivity index (χ3v) is 5.14. The van der Waals surface area contributed by atoms with Gasteiger partial charge in [-0.25, -0.2) is 4.79 Å². The Labute approximate surface area is 134 Å². The molecule has 5 nitrogen and oxygen atoms in total. The summed E-state index contributed by atoms with van der Waals surface area (Å²) < 4.78 is 11.1. The van der Waals surface area contributed by atoms with Crippen molar-refractivity contribution in [1.29, 1.82) is 0 Å². The Balaban J connectivity index is 1.87. The van der Waals surface area contributed by atoms with Gasteiger partial charge in [0.1, 0.15) is 0 Å². The Hall–Kier alpha value is -0.810. The summed E-state index contributed by atoms with van der Waals surface area (Å²) in [6.07, 6.45) is 11.5. The van der Waals surface area contributed by atoms with Crippen LogP contribution in [0.5, 0.6) is 0 Å². The molecule has 0 bridgehead atoms. The van der Waals surface area contributed by atoms with Crippen molar-refractivity contribution in [2.24, 2.45) is 0 Å². The summed E-state index contributed by atoms with van der Waals surface area (Å²) in [6.45, 7) is 0. The number of ether oxygens (including phenoxy) is 2. The van der Waals surface area contributed by atoms with E-state index >= 15 is 0 Å². The molecule has 2 N–H and O–H groups in total. The first kappa shape index (κ1) is 17.5. The van der Waals surface area contributed by atoms with Crippen LogP contribution >= 0.6 is 0 Å². The Morgan fingerprint density at radius 3 is 1.55 bits per heavy atom. The van der Waals surface area contributed by atoms with Crippen molar-refractivity contribution in [3.05, 3.63) is 0 Å². The molecule has 2 saturated carbocycles. The largest absolute Gasteiger partial charge is 0.379 e. The normalized spacial score (nSPS) is 33.5. The Morgan fingerprint density at radius 1 is 0.727 bits per heavy atom. The molecule has 22 heavy (non-hydrogen) atoms. The Kier molecular flexibility index (Phi) is 7.46. The summed E-state index contributed by atoms with van der Waals surface area (Å²) in [6, 6.07) is 0.182. The highest BCUT2D eigenvalue weighted by atomic mass is 16.5. The topological polar surface area (TPSA) is 59.6 Å². The predicted molar refractivity (Wildman–Crippen MR) is 87.0 cm³/mol. The van der Waals surface area contributed by atoms with Crippen molar-refractivity contribution in [2.45, 2.75) is 88.5 Å². The lowest BCUT2D eigenvalue weighted by molar-refractivity contribution is 0.0589. The summed E-state index contributed by atoms with van der Waals surface area (Å²) in [7, 11) is 3.49. The lowest BCUT2D eigenvalue weighted by Crippen LogP contribution is -2.53. The number of urea groups is 1. The summed E-state index contributed by atoms with van der Waals surface area (Å²) in [5.41, 5.74) is 0. The third kappa shape index (κ3) is 5.13. The summed E-state index contributed by atoms with van der Waals surface area (Å²) in [5.74, 6) is 0. The molecule has 4 atom stereocenters. The van der Waals surface area contributed by atoms with Crippen molar-refractivity contribution in [3.63, 3.8) is 0 Å². The van der Waals surface area contributed by atoms with Gasteiger partial charge in [0.15, 0.2) is 0 Å². The fraction of sp³-hybridized carbons (Fsp3) is 0.941. The minimum absolute atomic E-state index is 0.0668. The highest BCUT2D eigenvalue weighted by Gasteiger charge is 2.28. The number of carbonyl (C=O) groups excluding carboxylic acids is 1. The minimum atomic E-state index is -0.0668. The van der Waals surface area contributed by atoms with Gasteiger partial charge in [-0.05, 0) is 25.7 Å². The Bertz CT molecular complexity index is 308. The molecule has 0 saturated heterocycles. The van der Waals surface area contributed by atoms with Gasteiger partial charge in [-0.2, -0.15) is 0 Å². The van der Waals surface area contributed by atoms with Crippen LogP contribution < -0.4 is 10.6 Å². The highest BCUT2D eigenvalue weighted by molar-refractivity contribution is 5.74. The Morgan fingerprint density at radius 2 is 1.14 bits per heavy atom. The van der Waals surface area contributed by atoms with Gasteiger partial charge in [0.05, 0.1) is 24.3 Å². The van der Waals surface area contributed by atoms with Gasteiger partial charge in [0.2, 0.25) is 0 Å². The van der Waals surface area contributed by atoms with Crippen LogP contribution in [0.1, 0.15) is 64.2 Å². The quantitative estimate of drug-likeness (QED) is 0.785. The maximum atomic E-state index is 12.4. The van der Waals surface area contributed by atoms with Crippen LogP contribution in [0.2, 0.25) is 0 Å². The third-order valence-electron chi connectivity index (χ3n) is 5.14. The van der Waals surface area contributed by atoms with E-state index in [0.29, 0.717) is 0 Å². The molecule has 2 amide bonds. The maximum absolute atomic E-state index is 12.4. The fourth-order valence-electron chi connectivity index (χ4n) is 3.82. The van der Waals surface area contributed by atoms with Gasteiger partial charge in [-0.1, -0.05) is 38.5 Å². The van der Waals surface area contributed by atoms with E-state index in [1.165, 1.54) is 25.7 Å². The van der Waals surface area contributed by atoms with E-state index in [-0.39, 0.29) is 30.3 Å². The molecular weight excluding hydrogens is 280 g/mol. The molecule has 0 aromatic carbocycles. The zero-order valence-electron chi connectivity index (χ0n) is 14.1. The molecule has 2 rings (SSSR count). The second-order valence-electron chi connectivity index (χ2n) is 6.66. The standard InChI is InChI=1S/C17H32N2O3/c1-21-15-11-7-3-5-9-13(15)18-17(20)19-14-10-6-4-8-12-16(14)22-2/h13-16H,3-12H2,1-2H3,(H2,18,19,20). The molecule has 4 unspecified atom stereocenters. The van der Waals surface area contributed by atoms with E-state index in [4.69, 9.17) is 9.47 Å². The number of carbonyl (C=O) groups is 1. The molecule has 0 aromatic rings. The number of hydrogen-bond acceptors (Lipinski definition) is 3. The second-order valence-corrected chi connectivity index (χ2v) is 6.66. The number of hydrogen-bond donors (Lipinski definition) is 2. The van der Waals surface area contributed by atoms with Crippen molar-refractivity contribution in [3.8, 4) is 0 Å². The first-order valence-electron chi connectivity index (χ1n) is 8.87. The van der Waals surface area contributed by atoms with Crippen LogP contribution in [0.15, 0.2) is 0 Å². The summed E-state index contributed by atoms with van der Waals surface area (Å²) >= 11 is 0. The highest BCUT2D eigenvalue weighted by Crippen LogP contribution is 2.22. The first-order chi connectivity index (χ1) is 10.7. The average molecular weight is 312 g/mol. The zero-order chi connectivity index (χ0) is 15.8. The molecule has 0 aromatic heterocycles. The number of amides is 2. The number of nitrogens with one attached hydrogen (secondary N) is 2. The molecule has 0 spiro atoms. The lowest BCUT2D eigenvalue weighted by atomic mass is 10.1. The fourth-order valence-corrected chi connectivity index (χ4v) is 3.82. The van der Waals surface area contributed by atoms with Crippen molar-refractivity contribution >= 4 is 6.03 Å². The zero-order valence-corrected chi connectivity index (χ0v) is 14.1. The molecular formula is C17H32N2O3. The van der Waals surface area contributed by atoms with E-state index < -0.39 is 0 Å². The van der Waals surface area contributed by atoms with Gasteiger partial charge in [0, 0.05) is 14.2 Å². The molecule has 5 heteroatoms. The summed E-state index contributed by atoms with van der Waals surface area (Å²) in [5, 5.41) is 6.28.